The summed E-state index contributed by atoms with van der Waals surface area (Å²) in [5.74, 6) is 1.43. The first kappa shape index (κ1) is 29.2. The van der Waals surface area contributed by atoms with E-state index in [1.807, 2.05) is 54.6 Å². The molecule has 0 saturated heterocycles. The molecule has 218 valence electrons. The van der Waals surface area contributed by atoms with Crippen LogP contribution >= 0.6 is 0 Å². The van der Waals surface area contributed by atoms with Crippen LogP contribution in [0.5, 0.6) is 23.0 Å². The lowest BCUT2D eigenvalue weighted by atomic mass is 9.69. The van der Waals surface area contributed by atoms with Crippen molar-refractivity contribution in [3.8, 4) is 34.1 Å². The van der Waals surface area contributed by atoms with Crippen molar-refractivity contribution in [2.75, 3.05) is 26.4 Å². The molecule has 1 aliphatic heterocycles. The Kier molecular flexibility index (Phi) is 8.91. The van der Waals surface area contributed by atoms with Crippen LogP contribution in [0.15, 0.2) is 116 Å². The Hall–Kier alpha value is -5.30. The van der Waals surface area contributed by atoms with E-state index in [1.54, 1.807) is 0 Å². The normalized spacial score (nSPS) is 12.5. The molecule has 0 aliphatic carbocycles. The average molecular weight is 577 g/mol. The van der Waals surface area contributed by atoms with Gasteiger partial charge in [-0.2, -0.15) is 0 Å². The highest BCUT2D eigenvalue weighted by atomic mass is 16.6. The number of carbonyl (C=O) groups excluding carboxylic acids is 2. The van der Waals surface area contributed by atoms with Crippen molar-refractivity contribution in [1.82, 2.24) is 0 Å². The van der Waals surface area contributed by atoms with Crippen molar-refractivity contribution in [3.05, 3.63) is 133 Å². The lowest BCUT2D eigenvalue weighted by Crippen LogP contribution is -2.29. The Labute approximate surface area is 250 Å². The molecule has 43 heavy (non-hydrogen) atoms. The lowest BCUT2D eigenvalue weighted by Gasteiger charge is -2.38. The molecule has 1 heterocycles. The number of hydrogen-bond acceptors (Lipinski definition) is 7. The molecule has 1 aliphatic rings. The third kappa shape index (κ3) is 6.46. The fraction of sp³-hybridized carbons (Fsp3) is 0.167. The Bertz CT molecular complexity index is 1550. The molecular weight excluding hydrogens is 544 g/mol. The number of carbonyl (C=O) groups is 2. The highest BCUT2D eigenvalue weighted by molar-refractivity contribution is 5.81. The second kappa shape index (κ2) is 13.1. The van der Waals surface area contributed by atoms with Gasteiger partial charge >= 0.3 is 11.9 Å². The smallest absolute Gasteiger partial charge is 0.330 e. The first-order valence-corrected chi connectivity index (χ1v) is 13.9. The van der Waals surface area contributed by atoms with E-state index in [9.17, 15) is 9.59 Å². The molecule has 0 spiro atoms. The summed E-state index contributed by atoms with van der Waals surface area (Å²) in [5.41, 5.74) is 4.75. The number of ether oxygens (including phenoxy) is 5. The summed E-state index contributed by atoms with van der Waals surface area (Å²) in [5, 5.41) is 0. The molecule has 0 radical (unpaired) electrons. The van der Waals surface area contributed by atoms with Gasteiger partial charge in [-0.15, -0.1) is 0 Å². The summed E-state index contributed by atoms with van der Waals surface area (Å²) in [6, 6.07) is 30.3. The second-order valence-corrected chi connectivity index (χ2v) is 9.93. The average Bonchev–Trinajstić information content (AvgIpc) is 3.05. The SMILES string of the molecule is C=CC(=O)OCCOc1ccc2c(c1)Oc1cc(OCCOC(=O)C=C)ccc1C2(C)c1ccc(-c2ccccc2)cc1. The van der Waals surface area contributed by atoms with Gasteiger partial charge in [0.15, 0.2) is 0 Å². The maximum Gasteiger partial charge on any atom is 0.330 e. The molecule has 0 unspecified atom stereocenters. The van der Waals surface area contributed by atoms with Crippen molar-refractivity contribution < 1.29 is 33.3 Å². The van der Waals surface area contributed by atoms with Crippen LogP contribution < -0.4 is 14.2 Å². The van der Waals surface area contributed by atoms with Gasteiger partial charge in [0.1, 0.15) is 49.4 Å². The molecule has 7 nitrogen and oxygen atoms in total. The van der Waals surface area contributed by atoms with Crippen molar-refractivity contribution in [2.24, 2.45) is 0 Å². The summed E-state index contributed by atoms with van der Waals surface area (Å²) in [4.78, 5) is 22.7. The molecule has 5 rings (SSSR count). The van der Waals surface area contributed by atoms with Crippen LogP contribution in [0, 0.1) is 0 Å². The predicted molar refractivity (Wildman–Crippen MR) is 164 cm³/mol. The van der Waals surface area contributed by atoms with E-state index in [0.717, 1.165) is 40.0 Å². The minimum atomic E-state index is -0.561. The summed E-state index contributed by atoms with van der Waals surface area (Å²) in [6.45, 7) is 9.53. The van der Waals surface area contributed by atoms with Gasteiger partial charge in [0, 0.05) is 40.8 Å². The van der Waals surface area contributed by atoms with Gasteiger partial charge in [0.05, 0.1) is 0 Å². The van der Waals surface area contributed by atoms with E-state index >= 15 is 0 Å². The largest absolute Gasteiger partial charge is 0.490 e. The van der Waals surface area contributed by atoms with E-state index in [4.69, 9.17) is 23.7 Å². The van der Waals surface area contributed by atoms with Crippen LogP contribution in [0.1, 0.15) is 23.6 Å². The maximum atomic E-state index is 11.3. The van der Waals surface area contributed by atoms with Crippen molar-refractivity contribution in [2.45, 2.75) is 12.3 Å². The van der Waals surface area contributed by atoms with E-state index in [1.165, 1.54) is 0 Å². The fourth-order valence-electron chi connectivity index (χ4n) is 5.10. The zero-order valence-corrected chi connectivity index (χ0v) is 23.9. The molecule has 0 bridgehead atoms. The Morgan fingerprint density at radius 1 is 0.674 bits per heavy atom. The van der Waals surface area contributed by atoms with Crippen molar-refractivity contribution >= 4 is 11.9 Å². The van der Waals surface area contributed by atoms with Gasteiger partial charge in [0.2, 0.25) is 0 Å². The molecule has 0 atom stereocenters. The quantitative estimate of drug-likeness (QED) is 0.102. The van der Waals surface area contributed by atoms with Crippen molar-refractivity contribution in [3.63, 3.8) is 0 Å². The number of rotatable bonds is 12. The van der Waals surface area contributed by atoms with E-state index in [2.05, 4.69) is 56.5 Å². The Morgan fingerprint density at radius 2 is 1.16 bits per heavy atom. The van der Waals surface area contributed by atoms with Gasteiger partial charge in [-0.3, -0.25) is 0 Å². The molecule has 0 N–H and O–H groups in total. The van der Waals surface area contributed by atoms with E-state index in [0.29, 0.717) is 23.0 Å². The first-order chi connectivity index (χ1) is 20.9. The lowest BCUT2D eigenvalue weighted by molar-refractivity contribution is -0.139. The van der Waals surface area contributed by atoms with Crippen LogP contribution in [0.25, 0.3) is 11.1 Å². The monoisotopic (exact) mass is 576 g/mol. The molecule has 4 aromatic carbocycles. The number of fused-ring (bicyclic) bond motifs is 2. The standard InChI is InChI=1S/C36H32O7/c1-4-34(37)41-21-19-39-28-15-17-30-32(23-28)43-33-24-29(40-20-22-42-35(38)5-2)16-18-31(33)36(30,3)27-13-11-26(12-14-27)25-9-7-6-8-10-25/h4-18,23-24H,1-2,19-22H2,3H3. The second-order valence-electron chi connectivity index (χ2n) is 9.93. The third-order valence-corrected chi connectivity index (χ3v) is 7.30. The Balaban J connectivity index is 1.46. The molecule has 7 heteroatoms. The van der Waals surface area contributed by atoms with Gasteiger partial charge in [-0.1, -0.05) is 79.9 Å². The van der Waals surface area contributed by atoms with Crippen LogP contribution in [0.3, 0.4) is 0 Å². The number of benzene rings is 4. The van der Waals surface area contributed by atoms with Crippen LogP contribution in [-0.2, 0) is 24.5 Å². The molecular formula is C36H32O7. The fourth-order valence-corrected chi connectivity index (χ4v) is 5.10. The molecule has 0 aromatic heterocycles. The van der Waals surface area contributed by atoms with Crippen LogP contribution in [-0.4, -0.2) is 38.4 Å². The highest BCUT2D eigenvalue weighted by Gasteiger charge is 2.40. The van der Waals surface area contributed by atoms with E-state index < -0.39 is 17.4 Å². The third-order valence-electron chi connectivity index (χ3n) is 7.30. The van der Waals surface area contributed by atoms with Gasteiger partial charge in [-0.05, 0) is 35.7 Å². The summed E-state index contributed by atoms with van der Waals surface area (Å²) >= 11 is 0. The van der Waals surface area contributed by atoms with Gasteiger partial charge in [0.25, 0.3) is 0 Å². The topological polar surface area (TPSA) is 80.3 Å². The van der Waals surface area contributed by atoms with Crippen LogP contribution in [0.2, 0.25) is 0 Å². The molecule has 4 aromatic rings. The van der Waals surface area contributed by atoms with E-state index in [-0.39, 0.29) is 26.4 Å². The summed E-state index contributed by atoms with van der Waals surface area (Å²) in [6.07, 6.45) is 2.23. The zero-order valence-electron chi connectivity index (χ0n) is 23.9. The molecule has 0 fully saturated rings. The zero-order chi connectivity index (χ0) is 30.2. The first-order valence-electron chi connectivity index (χ1n) is 13.9. The maximum absolute atomic E-state index is 11.3. The van der Waals surface area contributed by atoms with Gasteiger partial charge < -0.3 is 23.7 Å². The summed E-state index contributed by atoms with van der Waals surface area (Å²) < 4.78 is 28.2. The number of esters is 2. The number of hydrogen-bond donors (Lipinski definition) is 0. The predicted octanol–water partition coefficient (Wildman–Crippen LogP) is 7.03. The molecule has 0 amide bonds. The van der Waals surface area contributed by atoms with Crippen molar-refractivity contribution in [1.29, 1.82) is 0 Å². The minimum Gasteiger partial charge on any atom is -0.490 e. The molecule has 0 saturated carbocycles. The van der Waals surface area contributed by atoms with Gasteiger partial charge in [-0.25, -0.2) is 9.59 Å². The summed E-state index contributed by atoms with van der Waals surface area (Å²) in [7, 11) is 0. The van der Waals surface area contributed by atoms with Crippen LogP contribution in [0.4, 0.5) is 0 Å². The Morgan fingerprint density at radius 3 is 1.65 bits per heavy atom. The highest BCUT2D eigenvalue weighted by Crippen LogP contribution is 2.53. The minimum absolute atomic E-state index is 0.0971.